The lowest BCUT2D eigenvalue weighted by Gasteiger charge is -2.12. The van der Waals surface area contributed by atoms with Gasteiger partial charge >= 0.3 is 5.97 Å². The van der Waals surface area contributed by atoms with Crippen molar-refractivity contribution in [1.82, 2.24) is 0 Å². The molecule has 4 nitrogen and oxygen atoms in total. The molecule has 0 aliphatic rings. The summed E-state index contributed by atoms with van der Waals surface area (Å²) in [6.45, 7) is 1.45. The number of anilines is 1. The number of halogens is 2. The van der Waals surface area contributed by atoms with E-state index in [9.17, 15) is 14.0 Å². The Bertz CT molecular complexity index is 656. The summed E-state index contributed by atoms with van der Waals surface area (Å²) in [5, 5.41) is 2.53. The normalized spacial score (nSPS) is 11.8. The van der Waals surface area contributed by atoms with Gasteiger partial charge in [0.25, 0.3) is 5.91 Å². The first kappa shape index (κ1) is 15.5. The molecule has 0 saturated heterocycles. The maximum absolute atomic E-state index is 12.8. The Hall–Kier alpha value is -1.92. The Labute approximate surface area is 129 Å². The van der Waals surface area contributed by atoms with Crippen molar-refractivity contribution in [1.29, 1.82) is 0 Å². The van der Waals surface area contributed by atoms with Gasteiger partial charge < -0.3 is 10.1 Å². The number of carbonyl (C=O) groups is 2. The fourth-order valence-electron chi connectivity index (χ4n) is 1.47. The Morgan fingerprint density at radius 2 is 1.90 bits per heavy atom. The van der Waals surface area contributed by atoms with Crippen LogP contribution in [0.3, 0.4) is 0 Å². The lowest BCUT2D eigenvalue weighted by molar-refractivity contribution is -0.123. The first-order valence-corrected chi connectivity index (χ1v) is 7.18. The van der Waals surface area contributed by atoms with E-state index in [1.54, 1.807) is 6.07 Å². The number of nitrogens with one attached hydrogen (secondary N) is 1. The fourth-order valence-corrected chi connectivity index (χ4v) is 2.40. The van der Waals surface area contributed by atoms with E-state index in [-0.39, 0.29) is 0 Å². The van der Waals surface area contributed by atoms with Crippen LogP contribution in [0.25, 0.3) is 0 Å². The number of esters is 1. The monoisotopic (exact) mass is 327 g/mol. The summed E-state index contributed by atoms with van der Waals surface area (Å²) in [4.78, 5) is 24.0. The molecule has 7 heteroatoms. The molecular formula is C14H11ClFNO3S. The fraction of sp³-hybridized carbons (Fsp3) is 0.143. The molecule has 0 aliphatic heterocycles. The molecule has 0 spiro atoms. The smallest absolute Gasteiger partial charge is 0.349 e. The Morgan fingerprint density at radius 3 is 2.48 bits per heavy atom. The zero-order valence-electron chi connectivity index (χ0n) is 10.9. The third-order valence-electron chi connectivity index (χ3n) is 2.54. The summed E-state index contributed by atoms with van der Waals surface area (Å²) in [7, 11) is 0. The second-order valence-electron chi connectivity index (χ2n) is 4.15. The topological polar surface area (TPSA) is 55.4 Å². The third kappa shape index (κ3) is 4.27. The van der Waals surface area contributed by atoms with Crippen LogP contribution >= 0.6 is 22.9 Å². The SMILES string of the molecule is C[C@@H](OC(=O)c1ccc(Cl)s1)C(=O)Nc1ccc(F)cc1. The number of hydrogen-bond donors (Lipinski definition) is 1. The number of amides is 1. The van der Waals surface area contributed by atoms with Gasteiger partial charge in [-0.15, -0.1) is 11.3 Å². The van der Waals surface area contributed by atoms with E-state index in [0.29, 0.717) is 14.9 Å². The highest BCUT2D eigenvalue weighted by Crippen LogP contribution is 2.22. The van der Waals surface area contributed by atoms with Crippen LogP contribution in [0.4, 0.5) is 10.1 Å². The Balaban J connectivity index is 1.93. The highest BCUT2D eigenvalue weighted by atomic mass is 35.5. The van der Waals surface area contributed by atoms with Crippen molar-refractivity contribution in [3.05, 3.63) is 51.4 Å². The van der Waals surface area contributed by atoms with Gasteiger partial charge in [0.05, 0.1) is 4.34 Å². The molecule has 1 aromatic carbocycles. The average molecular weight is 328 g/mol. The van der Waals surface area contributed by atoms with Crippen molar-refractivity contribution in [2.75, 3.05) is 5.32 Å². The van der Waals surface area contributed by atoms with E-state index in [1.807, 2.05) is 0 Å². The summed E-state index contributed by atoms with van der Waals surface area (Å²) in [5.74, 6) is -1.52. The van der Waals surface area contributed by atoms with Gasteiger partial charge in [0, 0.05) is 5.69 Å². The molecule has 110 valence electrons. The predicted octanol–water partition coefficient (Wildman–Crippen LogP) is 3.72. The summed E-state index contributed by atoms with van der Waals surface area (Å²) < 4.78 is 18.3. The molecule has 1 N–H and O–H groups in total. The number of rotatable bonds is 4. The van der Waals surface area contributed by atoms with Crippen LogP contribution in [0, 0.1) is 5.82 Å². The quantitative estimate of drug-likeness (QED) is 0.871. The number of hydrogen-bond acceptors (Lipinski definition) is 4. The zero-order valence-corrected chi connectivity index (χ0v) is 12.5. The minimum absolute atomic E-state index is 0.321. The predicted molar refractivity (Wildman–Crippen MR) is 79.2 cm³/mol. The first-order chi connectivity index (χ1) is 9.95. The summed E-state index contributed by atoms with van der Waals surface area (Å²) in [6, 6.07) is 8.38. The van der Waals surface area contributed by atoms with Crippen molar-refractivity contribution in [3.8, 4) is 0 Å². The molecule has 1 aromatic heterocycles. The molecule has 21 heavy (non-hydrogen) atoms. The first-order valence-electron chi connectivity index (χ1n) is 5.98. The number of carbonyl (C=O) groups excluding carboxylic acids is 2. The van der Waals surface area contributed by atoms with Gasteiger partial charge in [0.2, 0.25) is 0 Å². The standard InChI is InChI=1S/C14H11ClFNO3S/c1-8(20-14(19)11-6-7-12(15)21-11)13(18)17-10-4-2-9(16)3-5-10/h2-8H,1H3,(H,17,18)/t8-/m1/s1. The lowest BCUT2D eigenvalue weighted by Crippen LogP contribution is -2.29. The van der Waals surface area contributed by atoms with Gasteiger partial charge in [-0.25, -0.2) is 9.18 Å². The minimum Gasteiger partial charge on any atom is -0.448 e. The number of benzene rings is 1. The molecule has 0 unspecified atom stereocenters. The van der Waals surface area contributed by atoms with Gasteiger partial charge in [0.1, 0.15) is 10.7 Å². The molecule has 0 bridgehead atoms. The average Bonchev–Trinajstić information content (AvgIpc) is 2.88. The van der Waals surface area contributed by atoms with Crippen LogP contribution in [0.5, 0.6) is 0 Å². The van der Waals surface area contributed by atoms with Crippen molar-refractivity contribution < 1.29 is 18.7 Å². The van der Waals surface area contributed by atoms with E-state index >= 15 is 0 Å². The maximum atomic E-state index is 12.8. The maximum Gasteiger partial charge on any atom is 0.349 e. The van der Waals surface area contributed by atoms with E-state index in [0.717, 1.165) is 11.3 Å². The molecular weight excluding hydrogens is 317 g/mol. The van der Waals surface area contributed by atoms with Gasteiger partial charge in [-0.05, 0) is 43.3 Å². The summed E-state index contributed by atoms with van der Waals surface area (Å²) >= 11 is 6.80. The van der Waals surface area contributed by atoms with Gasteiger partial charge in [-0.1, -0.05) is 11.6 Å². The van der Waals surface area contributed by atoms with Crippen LogP contribution in [0.2, 0.25) is 4.34 Å². The van der Waals surface area contributed by atoms with Crippen LogP contribution in [0.1, 0.15) is 16.6 Å². The summed E-state index contributed by atoms with van der Waals surface area (Å²) in [6.07, 6.45) is -0.983. The molecule has 0 aliphatic carbocycles. The second kappa shape index (κ2) is 6.69. The second-order valence-corrected chi connectivity index (χ2v) is 5.86. The van der Waals surface area contributed by atoms with Gasteiger partial charge in [-0.3, -0.25) is 4.79 Å². The highest BCUT2D eigenvalue weighted by Gasteiger charge is 2.20. The van der Waals surface area contributed by atoms with Crippen molar-refractivity contribution in [3.63, 3.8) is 0 Å². The van der Waals surface area contributed by atoms with Gasteiger partial charge in [-0.2, -0.15) is 0 Å². The zero-order chi connectivity index (χ0) is 15.4. The van der Waals surface area contributed by atoms with Crippen LogP contribution in [-0.2, 0) is 9.53 Å². The van der Waals surface area contributed by atoms with E-state index in [4.69, 9.17) is 16.3 Å². The Morgan fingerprint density at radius 1 is 1.24 bits per heavy atom. The van der Waals surface area contributed by atoms with E-state index in [2.05, 4.69) is 5.32 Å². The molecule has 1 atom stereocenters. The molecule has 0 saturated carbocycles. The molecule has 1 heterocycles. The molecule has 1 amide bonds. The molecule has 0 fully saturated rings. The van der Waals surface area contributed by atoms with Crippen molar-refractivity contribution in [2.45, 2.75) is 13.0 Å². The van der Waals surface area contributed by atoms with Crippen LogP contribution in [-0.4, -0.2) is 18.0 Å². The Kier molecular flexibility index (Phi) is 4.93. The van der Waals surface area contributed by atoms with Crippen LogP contribution in [0.15, 0.2) is 36.4 Å². The highest BCUT2D eigenvalue weighted by molar-refractivity contribution is 7.17. The molecule has 2 aromatic rings. The van der Waals surface area contributed by atoms with Crippen molar-refractivity contribution in [2.24, 2.45) is 0 Å². The van der Waals surface area contributed by atoms with Crippen molar-refractivity contribution >= 4 is 40.5 Å². The van der Waals surface area contributed by atoms with Crippen LogP contribution < -0.4 is 5.32 Å². The number of thiophene rings is 1. The van der Waals surface area contributed by atoms with Gasteiger partial charge in [0.15, 0.2) is 6.10 Å². The van der Waals surface area contributed by atoms with E-state index < -0.39 is 23.8 Å². The lowest BCUT2D eigenvalue weighted by atomic mass is 10.3. The largest absolute Gasteiger partial charge is 0.448 e. The molecule has 2 rings (SSSR count). The third-order valence-corrected chi connectivity index (χ3v) is 3.75. The van der Waals surface area contributed by atoms with E-state index in [1.165, 1.54) is 37.3 Å². The molecule has 0 radical (unpaired) electrons. The summed E-state index contributed by atoms with van der Waals surface area (Å²) in [5.41, 5.74) is 0.420. The number of ether oxygens (including phenoxy) is 1. The minimum atomic E-state index is -0.983.